The fourth-order valence-corrected chi connectivity index (χ4v) is 6.66. The lowest BCUT2D eigenvalue weighted by Crippen LogP contribution is -2.52. The van der Waals surface area contributed by atoms with Crippen LogP contribution < -0.4 is 19.1 Å². The molecule has 3 aromatic carbocycles. The van der Waals surface area contributed by atoms with Gasteiger partial charge in [0.15, 0.2) is 0 Å². The van der Waals surface area contributed by atoms with E-state index >= 15 is 0 Å². The Morgan fingerprint density at radius 2 is 1.53 bits per heavy atom. The molecule has 3 aromatic rings. The zero-order valence-electron chi connectivity index (χ0n) is 25.5. The van der Waals surface area contributed by atoms with Gasteiger partial charge in [-0.25, -0.2) is 8.42 Å². The van der Waals surface area contributed by atoms with Gasteiger partial charge in [0.05, 0.1) is 24.8 Å². The monoisotopic (exact) mass is 607 g/mol. The first-order chi connectivity index (χ1) is 20.5. The lowest BCUT2D eigenvalue weighted by Gasteiger charge is -2.33. The van der Waals surface area contributed by atoms with E-state index in [0.29, 0.717) is 11.5 Å². The molecular weight excluding hydrogens is 566 g/mol. The first-order valence-corrected chi connectivity index (χ1v) is 15.9. The first-order valence-electron chi connectivity index (χ1n) is 14.5. The van der Waals surface area contributed by atoms with E-state index in [4.69, 9.17) is 9.47 Å². The van der Waals surface area contributed by atoms with Crippen LogP contribution in [-0.4, -0.2) is 58.0 Å². The number of nitrogens with one attached hydrogen (secondary N) is 1. The molecule has 1 aliphatic carbocycles. The molecule has 2 amide bonds. The smallest absolute Gasteiger partial charge is 0.264 e. The molecule has 0 radical (unpaired) electrons. The SMILES string of the molecule is COc1ccc(CN(C(=O)CN(c2cc(C)ccc2OC)S(=O)(=O)c2ccc(C)cc2)[C@H](C)C(=O)NC2CCCC2)cc1. The Labute approximate surface area is 254 Å². The van der Waals surface area contributed by atoms with Gasteiger partial charge in [0.25, 0.3) is 10.0 Å². The minimum atomic E-state index is -4.21. The van der Waals surface area contributed by atoms with Gasteiger partial charge in [-0.15, -0.1) is 0 Å². The minimum Gasteiger partial charge on any atom is -0.497 e. The van der Waals surface area contributed by atoms with Crippen molar-refractivity contribution in [2.45, 2.75) is 70.0 Å². The van der Waals surface area contributed by atoms with Crippen LogP contribution in [-0.2, 0) is 26.2 Å². The molecule has 1 saturated carbocycles. The van der Waals surface area contributed by atoms with E-state index in [1.165, 1.54) is 24.1 Å². The second-order valence-corrected chi connectivity index (χ2v) is 12.9. The van der Waals surface area contributed by atoms with Crippen LogP contribution in [0.3, 0.4) is 0 Å². The summed E-state index contributed by atoms with van der Waals surface area (Å²) in [5.74, 6) is 0.178. The summed E-state index contributed by atoms with van der Waals surface area (Å²) in [6, 6.07) is 18.1. The molecule has 1 fully saturated rings. The average molecular weight is 608 g/mol. The van der Waals surface area contributed by atoms with Crippen molar-refractivity contribution in [3.8, 4) is 11.5 Å². The van der Waals surface area contributed by atoms with E-state index in [9.17, 15) is 18.0 Å². The van der Waals surface area contributed by atoms with Crippen LogP contribution in [0.1, 0.15) is 49.3 Å². The summed E-state index contributed by atoms with van der Waals surface area (Å²) >= 11 is 0. The van der Waals surface area contributed by atoms with Gasteiger partial charge in [-0.05, 0) is 81.1 Å². The molecule has 0 aliphatic heterocycles. The molecule has 9 nitrogen and oxygen atoms in total. The van der Waals surface area contributed by atoms with Crippen molar-refractivity contribution in [3.63, 3.8) is 0 Å². The predicted molar refractivity (Wildman–Crippen MR) is 167 cm³/mol. The quantitative estimate of drug-likeness (QED) is 0.311. The Kier molecular flexibility index (Phi) is 10.3. The lowest BCUT2D eigenvalue weighted by molar-refractivity contribution is -0.139. The van der Waals surface area contributed by atoms with Gasteiger partial charge in [-0.1, -0.05) is 48.7 Å². The number of nitrogens with zero attached hydrogens (tertiary/aromatic N) is 2. The molecule has 0 bridgehead atoms. The topological polar surface area (TPSA) is 105 Å². The van der Waals surface area contributed by atoms with Crippen LogP contribution in [0.25, 0.3) is 0 Å². The van der Waals surface area contributed by atoms with Gasteiger partial charge in [-0.2, -0.15) is 0 Å². The number of benzene rings is 3. The maximum atomic E-state index is 14.2. The minimum absolute atomic E-state index is 0.0446. The number of rotatable bonds is 12. The third-order valence-electron chi connectivity index (χ3n) is 7.87. The number of carbonyl (C=O) groups excluding carboxylic acids is 2. The predicted octanol–water partition coefficient (Wildman–Crippen LogP) is 4.99. The normalized spacial score (nSPS) is 14.2. The summed E-state index contributed by atoms with van der Waals surface area (Å²) in [6.07, 6.45) is 3.91. The van der Waals surface area contributed by atoms with Crippen LogP contribution in [0, 0.1) is 13.8 Å². The molecular formula is C33H41N3O6S. The van der Waals surface area contributed by atoms with Crippen molar-refractivity contribution in [1.29, 1.82) is 0 Å². The van der Waals surface area contributed by atoms with Crippen molar-refractivity contribution in [3.05, 3.63) is 83.4 Å². The van der Waals surface area contributed by atoms with E-state index in [1.54, 1.807) is 50.4 Å². The van der Waals surface area contributed by atoms with E-state index in [2.05, 4.69) is 5.32 Å². The fraction of sp³-hybridized carbons (Fsp3) is 0.394. The average Bonchev–Trinajstić information content (AvgIpc) is 3.51. The standard InChI is InChI=1S/C33H41N3O6S/c1-23-10-17-29(18-11-23)43(39,40)36(30-20-24(2)12-19-31(30)42-5)22-32(37)35(21-26-13-15-28(41-4)16-14-26)25(3)33(38)34-27-8-6-7-9-27/h10-20,25,27H,6-9,21-22H2,1-5H3,(H,34,38)/t25-/m1/s1. The Hall–Kier alpha value is -4.05. The summed E-state index contributed by atoms with van der Waals surface area (Å²) < 4.78 is 40.2. The molecule has 0 saturated heterocycles. The van der Waals surface area contributed by atoms with Crippen LogP contribution in [0.5, 0.6) is 11.5 Å². The number of anilines is 1. The largest absolute Gasteiger partial charge is 0.497 e. The van der Waals surface area contributed by atoms with Gasteiger partial charge < -0.3 is 19.7 Å². The van der Waals surface area contributed by atoms with Gasteiger partial charge >= 0.3 is 0 Å². The Bertz CT molecular complexity index is 1520. The van der Waals surface area contributed by atoms with Crippen LogP contribution in [0.15, 0.2) is 71.6 Å². The molecule has 4 rings (SSSR count). The number of aryl methyl sites for hydroxylation is 2. The number of sulfonamides is 1. The molecule has 1 atom stereocenters. The molecule has 1 N–H and O–H groups in total. The van der Waals surface area contributed by atoms with E-state index in [-0.39, 0.29) is 29.1 Å². The summed E-state index contributed by atoms with van der Waals surface area (Å²) in [5, 5.41) is 3.09. The van der Waals surface area contributed by atoms with E-state index < -0.39 is 28.5 Å². The third-order valence-corrected chi connectivity index (χ3v) is 9.65. The highest BCUT2D eigenvalue weighted by Crippen LogP contribution is 2.34. The van der Waals surface area contributed by atoms with Gasteiger partial charge in [0.2, 0.25) is 11.8 Å². The van der Waals surface area contributed by atoms with Crippen molar-refractivity contribution in [2.24, 2.45) is 0 Å². The molecule has 1 aliphatic rings. The van der Waals surface area contributed by atoms with Gasteiger partial charge in [0.1, 0.15) is 24.1 Å². The van der Waals surface area contributed by atoms with Crippen molar-refractivity contribution >= 4 is 27.5 Å². The Morgan fingerprint density at radius 1 is 0.907 bits per heavy atom. The highest BCUT2D eigenvalue weighted by molar-refractivity contribution is 7.92. The molecule has 0 unspecified atom stereocenters. The fourth-order valence-electron chi connectivity index (χ4n) is 5.25. The van der Waals surface area contributed by atoms with Gasteiger partial charge in [-0.3, -0.25) is 13.9 Å². The second kappa shape index (κ2) is 13.9. The molecule has 10 heteroatoms. The maximum Gasteiger partial charge on any atom is 0.264 e. The van der Waals surface area contributed by atoms with Crippen LogP contribution in [0.2, 0.25) is 0 Å². The molecule has 0 aromatic heterocycles. The third kappa shape index (κ3) is 7.67. The number of methoxy groups -OCH3 is 2. The van der Waals surface area contributed by atoms with E-state index in [1.807, 2.05) is 32.0 Å². The number of amides is 2. The van der Waals surface area contributed by atoms with Crippen molar-refractivity contribution in [2.75, 3.05) is 25.1 Å². The number of ether oxygens (including phenoxy) is 2. The van der Waals surface area contributed by atoms with Crippen molar-refractivity contribution in [1.82, 2.24) is 10.2 Å². The van der Waals surface area contributed by atoms with E-state index in [0.717, 1.165) is 46.7 Å². The maximum absolute atomic E-state index is 14.2. The van der Waals surface area contributed by atoms with Crippen LogP contribution in [0.4, 0.5) is 5.69 Å². The Morgan fingerprint density at radius 3 is 2.14 bits per heavy atom. The molecule has 43 heavy (non-hydrogen) atoms. The summed E-state index contributed by atoms with van der Waals surface area (Å²) in [7, 11) is -1.18. The molecule has 0 spiro atoms. The first kappa shape index (κ1) is 31.9. The van der Waals surface area contributed by atoms with Crippen molar-refractivity contribution < 1.29 is 27.5 Å². The highest BCUT2D eigenvalue weighted by Gasteiger charge is 2.34. The van der Waals surface area contributed by atoms with Crippen LogP contribution >= 0.6 is 0 Å². The highest BCUT2D eigenvalue weighted by atomic mass is 32.2. The number of hydrogen-bond donors (Lipinski definition) is 1. The second-order valence-electron chi connectivity index (χ2n) is 11.0. The zero-order chi connectivity index (χ0) is 31.1. The summed E-state index contributed by atoms with van der Waals surface area (Å²) in [5.41, 5.74) is 2.72. The number of carbonyl (C=O) groups is 2. The zero-order valence-corrected chi connectivity index (χ0v) is 26.3. The summed E-state index contributed by atoms with van der Waals surface area (Å²) in [4.78, 5) is 29.1. The summed E-state index contributed by atoms with van der Waals surface area (Å²) in [6.45, 7) is 4.96. The lowest BCUT2D eigenvalue weighted by atomic mass is 10.1. The number of hydrogen-bond acceptors (Lipinski definition) is 6. The Balaban J connectivity index is 1.73. The molecule has 230 valence electrons. The molecule has 0 heterocycles. The van der Waals surface area contributed by atoms with Gasteiger partial charge in [0, 0.05) is 12.6 Å².